The van der Waals surface area contributed by atoms with Crippen molar-refractivity contribution in [3.8, 4) is 16.3 Å². The summed E-state index contributed by atoms with van der Waals surface area (Å²) in [4.78, 5) is 1.07. The number of aryl methyl sites for hydroxylation is 2. The van der Waals surface area contributed by atoms with Crippen LogP contribution in [0.15, 0.2) is 40.3 Å². The number of nitrogens with two attached hydrogens (primary N) is 1. The molecule has 0 aliphatic rings. The number of nitrogens with zero attached hydrogens (tertiary/aromatic N) is 2. The SMILES string of the molecule is Cc1cc(C)cc(-n2cc(N)c(-c3cc(Br)cs3)n2)c1. The zero-order valence-electron chi connectivity index (χ0n) is 11.2. The fraction of sp³-hybridized carbons (Fsp3) is 0.133. The Hall–Kier alpha value is -1.59. The van der Waals surface area contributed by atoms with E-state index >= 15 is 0 Å². The van der Waals surface area contributed by atoms with Crippen molar-refractivity contribution in [2.45, 2.75) is 13.8 Å². The number of nitrogen functional groups attached to an aromatic ring is 1. The van der Waals surface area contributed by atoms with Crippen LogP contribution in [0.2, 0.25) is 0 Å². The summed E-state index contributed by atoms with van der Waals surface area (Å²) in [5, 5.41) is 6.66. The molecule has 0 saturated heterocycles. The Morgan fingerprint density at radius 3 is 2.45 bits per heavy atom. The number of aromatic nitrogens is 2. The van der Waals surface area contributed by atoms with Crippen molar-refractivity contribution < 1.29 is 0 Å². The van der Waals surface area contributed by atoms with Crippen molar-refractivity contribution in [3.63, 3.8) is 0 Å². The van der Waals surface area contributed by atoms with Crippen LogP contribution in [0.1, 0.15) is 11.1 Å². The van der Waals surface area contributed by atoms with Gasteiger partial charge in [-0.1, -0.05) is 6.07 Å². The number of hydrogen-bond donors (Lipinski definition) is 1. The largest absolute Gasteiger partial charge is 0.396 e. The van der Waals surface area contributed by atoms with Gasteiger partial charge in [0.15, 0.2) is 0 Å². The lowest BCUT2D eigenvalue weighted by Crippen LogP contribution is -1.96. The Bertz CT molecular complexity index is 753. The summed E-state index contributed by atoms with van der Waals surface area (Å²) in [7, 11) is 0. The van der Waals surface area contributed by atoms with Crippen molar-refractivity contribution >= 4 is 33.0 Å². The highest BCUT2D eigenvalue weighted by atomic mass is 79.9. The number of benzene rings is 1. The smallest absolute Gasteiger partial charge is 0.126 e. The minimum Gasteiger partial charge on any atom is -0.396 e. The second-order valence-corrected chi connectivity index (χ2v) is 6.68. The average Bonchev–Trinajstić information content (AvgIpc) is 2.94. The van der Waals surface area contributed by atoms with E-state index in [1.165, 1.54) is 11.1 Å². The summed E-state index contributed by atoms with van der Waals surface area (Å²) in [5.41, 5.74) is 11.1. The summed E-state index contributed by atoms with van der Waals surface area (Å²) >= 11 is 5.09. The molecule has 0 spiro atoms. The third-order valence-electron chi connectivity index (χ3n) is 3.01. The van der Waals surface area contributed by atoms with Gasteiger partial charge in [0.1, 0.15) is 5.69 Å². The average molecular weight is 348 g/mol. The maximum atomic E-state index is 6.10. The van der Waals surface area contributed by atoms with Gasteiger partial charge in [-0.15, -0.1) is 11.3 Å². The van der Waals surface area contributed by atoms with Gasteiger partial charge in [-0.2, -0.15) is 5.10 Å². The molecule has 3 nitrogen and oxygen atoms in total. The summed E-state index contributed by atoms with van der Waals surface area (Å²) in [6.45, 7) is 4.17. The van der Waals surface area contributed by atoms with E-state index in [9.17, 15) is 0 Å². The van der Waals surface area contributed by atoms with Crippen LogP contribution in [0.4, 0.5) is 5.69 Å². The van der Waals surface area contributed by atoms with Gasteiger partial charge in [0.25, 0.3) is 0 Å². The molecule has 20 heavy (non-hydrogen) atoms. The van der Waals surface area contributed by atoms with Gasteiger partial charge in [-0.25, -0.2) is 4.68 Å². The van der Waals surface area contributed by atoms with Crippen LogP contribution in [-0.4, -0.2) is 9.78 Å². The standard InChI is InChI=1S/C15H14BrN3S/c1-9-3-10(2)5-12(4-9)19-7-13(17)15(18-19)14-6-11(16)8-20-14/h3-8H,17H2,1-2H3. The first-order chi connectivity index (χ1) is 9.52. The molecule has 0 atom stereocenters. The molecule has 1 aromatic carbocycles. The van der Waals surface area contributed by atoms with Crippen LogP contribution >= 0.6 is 27.3 Å². The highest BCUT2D eigenvalue weighted by Gasteiger charge is 2.12. The van der Waals surface area contributed by atoms with E-state index in [0.29, 0.717) is 5.69 Å². The van der Waals surface area contributed by atoms with E-state index in [1.807, 2.05) is 22.3 Å². The maximum Gasteiger partial charge on any atom is 0.126 e. The summed E-state index contributed by atoms with van der Waals surface area (Å²) < 4.78 is 2.90. The van der Waals surface area contributed by atoms with Gasteiger partial charge in [-0.05, 0) is 59.1 Å². The van der Waals surface area contributed by atoms with Crippen molar-refractivity contribution in [2.75, 3.05) is 5.73 Å². The van der Waals surface area contributed by atoms with E-state index in [4.69, 9.17) is 5.73 Å². The summed E-state index contributed by atoms with van der Waals surface area (Å²) in [6, 6.07) is 8.39. The number of halogens is 1. The monoisotopic (exact) mass is 347 g/mol. The molecule has 3 rings (SSSR count). The zero-order chi connectivity index (χ0) is 14.3. The molecular weight excluding hydrogens is 334 g/mol. The van der Waals surface area contributed by atoms with Crippen LogP contribution in [0.3, 0.4) is 0 Å². The quantitative estimate of drug-likeness (QED) is 0.738. The fourth-order valence-electron chi connectivity index (χ4n) is 2.23. The van der Waals surface area contributed by atoms with Gasteiger partial charge >= 0.3 is 0 Å². The molecule has 0 fully saturated rings. The lowest BCUT2D eigenvalue weighted by atomic mass is 10.1. The minimum absolute atomic E-state index is 0.693. The van der Waals surface area contributed by atoms with Gasteiger partial charge < -0.3 is 5.73 Å². The highest BCUT2D eigenvalue weighted by molar-refractivity contribution is 9.10. The third-order valence-corrected chi connectivity index (χ3v) is 4.71. The van der Waals surface area contributed by atoms with E-state index in [1.54, 1.807) is 11.3 Å². The van der Waals surface area contributed by atoms with Crippen molar-refractivity contribution in [1.29, 1.82) is 0 Å². The van der Waals surface area contributed by atoms with Crippen LogP contribution in [-0.2, 0) is 0 Å². The topological polar surface area (TPSA) is 43.8 Å². The Morgan fingerprint density at radius 1 is 1.15 bits per heavy atom. The fourth-order valence-corrected chi connectivity index (χ4v) is 3.66. The Labute approximate surface area is 130 Å². The molecule has 0 aliphatic carbocycles. The number of rotatable bonds is 2. The molecule has 2 N–H and O–H groups in total. The predicted molar refractivity (Wildman–Crippen MR) is 88.5 cm³/mol. The Morgan fingerprint density at radius 2 is 1.85 bits per heavy atom. The van der Waals surface area contributed by atoms with Crippen molar-refractivity contribution in [2.24, 2.45) is 0 Å². The first-order valence-corrected chi connectivity index (χ1v) is 7.88. The zero-order valence-corrected chi connectivity index (χ0v) is 13.6. The molecule has 2 heterocycles. The minimum atomic E-state index is 0.693. The van der Waals surface area contributed by atoms with Gasteiger partial charge in [0, 0.05) is 9.85 Å². The Balaban J connectivity index is 2.08. The number of anilines is 1. The van der Waals surface area contributed by atoms with E-state index < -0.39 is 0 Å². The molecule has 0 unspecified atom stereocenters. The molecule has 2 aromatic heterocycles. The van der Waals surface area contributed by atoms with Gasteiger partial charge in [-0.3, -0.25) is 0 Å². The molecule has 0 saturated carbocycles. The second kappa shape index (κ2) is 5.07. The molecule has 102 valence electrons. The van der Waals surface area contributed by atoms with Gasteiger partial charge in [0.05, 0.1) is 22.4 Å². The third kappa shape index (κ3) is 2.51. The number of hydrogen-bond acceptors (Lipinski definition) is 3. The van der Waals surface area contributed by atoms with E-state index in [2.05, 4.69) is 53.1 Å². The Kier molecular flexibility index (Phi) is 3.40. The lowest BCUT2D eigenvalue weighted by molar-refractivity contribution is 0.882. The van der Waals surface area contributed by atoms with Gasteiger partial charge in [0.2, 0.25) is 0 Å². The van der Waals surface area contributed by atoms with E-state index in [-0.39, 0.29) is 0 Å². The molecule has 5 heteroatoms. The summed E-state index contributed by atoms with van der Waals surface area (Å²) in [6.07, 6.45) is 1.87. The van der Waals surface area contributed by atoms with Crippen molar-refractivity contribution in [3.05, 3.63) is 51.4 Å². The second-order valence-electron chi connectivity index (χ2n) is 4.85. The molecule has 0 amide bonds. The first kappa shape index (κ1) is 13.4. The van der Waals surface area contributed by atoms with E-state index in [0.717, 1.165) is 20.7 Å². The maximum absolute atomic E-state index is 6.10. The molecule has 0 radical (unpaired) electrons. The van der Waals surface area contributed by atoms with Crippen molar-refractivity contribution in [1.82, 2.24) is 9.78 Å². The number of thiophene rings is 1. The predicted octanol–water partition coefficient (Wildman–Crippen LogP) is 4.56. The lowest BCUT2D eigenvalue weighted by Gasteiger charge is -2.04. The summed E-state index contributed by atoms with van der Waals surface area (Å²) in [5.74, 6) is 0. The first-order valence-electron chi connectivity index (χ1n) is 6.21. The molecule has 3 aromatic rings. The molecule has 0 bridgehead atoms. The van der Waals surface area contributed by atoms with Crippen LogP contribution in [0.5, 0.6) is 0 Å². The van der Waals surface area contributed by atoms with Crippen LogP contribution < -0.4 is 5.73 Å². The highest BCUT2D eigenvalue weighted by Crippen LogP contribution is 2.33. The normalized spacial score (nSPS) is 10.9. The molecular formula is C15H14BrN3S. The van der Waals surface area contributed by atoms with Crippen LogP contribution in [0.25, 0.3) is 16.3 Å². The van der Waals surface area contributed by atoms with Crippen LogP contribution in [0, 0.1) is 13.8 Å². The molecule has 0 aliphatic heterocycles.